The molecule has 4 nitrogen and oxygen atoms in total. The number of aliphatic hydroxyl groups excluding tert-OH is 1. The minimum Gasteiger partial charge on any atom is -0.396 e. The molecular weight excluding hydrogens is 244 g/mol. The van der Waals surface area contributed by atoms with Crippen molar-refractivity contribution in [2.24, 2.45) is 0 Å². The Hall–Kier alpha value is -0.330. The summed E-state index contributed by atoms with van der Waals surface area (Å²) in [5.41, 5.74) is -0.252. The van der Waals surface area contributed by atoms with Gasteiger partial charge in [0.15, 0.2) is 0 Å². The quantitative estimate of drug-likeness (QED) is 0.773. The van der Waals surface area contributed by atoms with Gasteiger partial charge in [0.05, 0.1) is 17.3 Å². The molecule has 0 saturated heterocycles. The minimum atomic E-state index is -0.252. The van der Waals surface area contributed by atoms with Gasteiger partial charge in [0.2, 0.25) is 0 Å². The van der Waals surface area contributed by atoms with Gasteiger partial charge in [0.1, 0.15) is 0 Å². The zero-order valence-corrected chi connectivity index (χ0v) is 8.48. The van der Waals surface area contributed by atoms with E-state index < -0.39 is 0 Å². The van der Waals surface area contributed by atoms with Gasteiger partial charge >= 0.3 is 0 Å². The lowest BCUT2D eigenvalue weighted by Crippen LogP contribution is -2.09. The number of nitrogens with zero attached hydrogens (tertiary/aromatic N) is 1. The monoisotopic (exact) mass is 250 g/mol. The van der Waals surface area contributed by atoms with Crippen molar-refractivity contribution in [3.8, 4) is 0 Å². The molecule has 0 aliphatic carbocycles. The molecule has 0 unspecified atom stereocenters. The molecule has 1 aromatic heterocycles. The molecule has 6 heteroatoms. The van der Waals surface area contributed by atoms with Crippen molar-refractivity contribution in [3.63, 3.8) is 0 Å². The number of aromatic nitrogens is 2. The van der Waals surface area contributed by atoms with Crippen molar-refractivity contribution in [2.75, 3.05) is 12.4 Å². The maximum atomic E-state index is 11.0. The third kappa shape index (κ3) is 2.33. The molecule has 12 heavy (non-hydrogen) atoms. The summed E-state index contributed by atoms with van der Waals surface area (Å²) in [6.07, 6.45) is 1.55. The van der Waals surface area contributed by atoms with Gasteiger partial charge in [-0.15, -0.1) is 11.8 Å². The molecule has 0 amide bonds. The minimum absolute atomic E-state index is 0.0872. The first-order valence-electron chi connectivity index (χ1n) is 3.22. The summed E-state index contributed by atoms with van der Waals surface area (Å²) >= 11 is 4.51. The van der Waals surface area contributed by atoms with E-state index in [1.807, 2.05) is 0 Å². The maximum Gasteiger partial charge on any atom is 0.279 e. The number of nitrogens with one attached hydrogen (secondary N) is 1. The lowest BCUT2D eigenvalue weighted by Gasteiger charge is -1.99. The van der Waals surface area contributed by atoms with E-state index in [1.165, 1.54) is 11.8 Å². The molecule has 0 spiro atoms. The highest BCUT2D eigenvalue weighted by Crippen LogP contribution is 2.22. The zero-order chi connectivity index (χ0) is 8.97. The standard InChI is InChI=1S/C6H7BrN2O2S/c7-5-4(12-2-1-10)3-8-9-6(5)11/h3,10H,1-2H2,(H,9,11). The summed E-state index contributed by atoms with van der Waals surface area (Å²) in [5, 5.41) is 14.5. The Balaban J connectivity index is 2.85. The van der Waals surface area contributed by atoms with Crippen molar-refractivity contribution in [1.82, 2.24) is 10.2 Å². The molecule has 1 rings (SSSR count). The molecule has 1 aromatic rings. The van der Waals surface area contributed by atoms with Gasteiger partial charge in [-0.3, -0.25) is 4.79 Å². The number of thioether (sulfide) groups is 1. The average Bonchev–Trinajstić information content (AvgIpc) is 2.08. The molecule has 2 N–H and O–H groups in total. The summed E-state index contributed by atoms with van der Waals surface area (Å²) in [5.74, 6) is 0.559. The second-order valence-corrected chi connectivity index (χ2v) is 3.88. The first-order valence-corrected chi connectivity index (χ1v) is 5.00. The van der Waals surface area contributed by atoms with Crippen LogP contribution in [0.2, 0.25) is 0 Å². The number of hydrogen-bond acceptors (Lipinski definition) is 4. The fourth-order valence-corrected chi connectivity index (χ4v) is 1.82. The van der Waals surface area contributed by atoms with Crippen molar-refractivity contribution < 1.29 is 5.11 Å². The average molecular weight is 251 g/mol. The van der Waals surface area contributed by atoms with Crippen molar-refractivity contribution >= 4 is 27.7 Å². The van der Waals surface area contributed by atoms with Crippen LogP contribution >= 0.6 is 27.7 Å². The Morgan fingerprint density at radius 2 is 2.50 bits per heavy atom. The van der Waals surface area contributed by atoms with E-state index in [4.69, 9.17) is 5.11 Å². The number of aliphatic hydroxyl groups is 1. The van der Waals surface area contributed by atoms with E-state index in [2.05, 4.69) is 26.1 Å². The number of halogens is 1. The van der Waals surface area contributed by atoms with Crippen molar-refractivity contribution in [3.05, 3.63) is 21.0 Å². The number of hydrogen-bond donors (Lipinski definition) is 2. The Morgan fingerprint density at radius 1 is 1.75 bits per heavy atom. The van der Waals surface area contributed by atoms with E-state index in [9.17, 15) is 4.79 Å². The normalized spacial score (nSPS) is 10.2. The van der Waals surface area contributed by atoms with Crippen LogP contribution in [0.25, 0.3) is 0 Å². The maximum absolute atomic E-state index is 11.0. The topological polar surface area (TPSA) is 66.0 Å². The highest BCUT2D eigenvalue weighted by atomic mass is 79.9. The van der Waals surface area contributed by atoms with Crippen LogP contribution in [0.5, 0.6) is 0 Å². The third-order valence-electron chi connectivity index (χ3n) is 1.11. The van der Waals surface area contributed by atoms with E-state index in [0.29, 0.717) is 10.2 Å². The van der Waals surface area contributed by atoms with Crippen LogP contribution in [0.1, 0.15) is 0 Å². The molecule has 0 radical (unpaired) electrons. The SMILES string of the molecule is O=c1[nH]ncc(SCCO)c1Br. The van der Waals surface area contributed by atoms with Gasteiger partial charge in [-0.1, -0.05) is 0 Å². The van der Waals surface area contributed by atoms with Crippen LogP contribution < -0.4 is 5.56 Å². The molecule has 0 saturated carbocycles. The summed E-state index contributed by atoms with van der Waals surface area (Å²) in [6, 6.07) is 0. The van der Waals surface area contributed by atoms with Crippen molar-refractivity contribution in [2.45, 2.75) is 4.90 Å². The summed E-state index contributed by atoms with van der Waals surface area (Å²) in [7, 11) is 0. The van der Waals surface area contributed by atoms with Crippen LogP contribution in [-0.4, -0.2) is 27.7 Å². The summed E-state index contributed by atoms with van der Waals surface area (Å²) in [6.45, 7) is 0.0872. The van der Waals surface area contributed by atoms with Gasteiger partial charge in [0.25, 0.3) is 5.56 Å². The van der Waals surface area contributed by atoms with Crippen LogP contribution in [0, 0.1) is 0 Å². The molecule has 0 fully saturated rings. The molecule has 0 bridgehead atoms. The Morgan fingerprint density at radius 3 is 3.17 bits per heavy atom. The Kier molecular flexibility index (Phi) is 3.77. The highest BCUT2D eigenvalue weighted by Gasteiger charge is 2.03. The van der Waals surface area contributed by atoms with Gasteiger partial charge in [0, 0.05) is 10.6 Å². The van der Waals surface area contributed by atoms with Gasteiger partial charge < -0.3 is 5.11 Å². The predicted octanol–water partition coefficient (Wildman–Crippen LogP) is 0.617. The molecule has 0 aromatic carbocycles. The molecule has 0 aliphatic rings. The van der Waals surface area contributed by atoms with Gasteiger partial charge in [-0.25, -0.2) is 5.10 Å². The Bertz CT molecular complexity index is 315. The van der Waals surface area contributed by atoms with Crippen LogP contribution in [0.15, 0.2) is 20.4 Å². The van der Waals surface area contributed by atoms with E-state index >= 15 is 0 Å². The first-order chi connectivity index (χ1) is 5.75. The molecule has 66 valence electrons. The number of aromatic amines is 1. The predicted molar refractivity (Wildman–Crippen MR) is 50.4 cm³/mol. The highest BCUT2D eigenvalue weighted by molar-refractivity contribution is 9.10. The van der Waals surface area contributed by atoms with E-state index in [0.717, 1.165) is 4.90 Å². The second kappa shape index (κ2) is 4.64. The third-order valence-corrected chi connectivity index (χ3v) is 3.17. The Labute approximate surface area is 81.5 Å². The van der Waals surface area contributed by atoms with E-state index in [1.54, 1.807) is 6.20 Å². The van der Waals surface area contributed by atoms with E-state index in [-0.39, 0.29) is 12.2 Å². The smallest absolute Gasteiger partial charge is 0.279 e. The molecule has 0 aliphatic heterocycles. The molecule has 0 atom stereocenters. The van der Waals surface area contributed by atoms with Crippen LogP contribution in [0.4, 0.5) is 0 Å². The summed E-state index contributed by atoms with van der Waals surface area (Å²) in [4.78, 5) is 11.7. The molecule has 1 heterocycles. The van der Waals surface area contributed by atoms with Gasteiger partial charge in [-0.2, -0.15) is 5.10 Å². The first kappa shape index (κ1) is 9.76. The zero-order valence-electron chi connectivity index (χ0n) is 6.08. The fourth-order valence-electron chi connectivity index (χ4n) is 0.623. The van der Waals surface area contributed by atoms with Crippen molar-refractivity contribution in [1.29, 1.82) is 0 Å². The number of H-pyrrole nitrogens is 1. The summed E-state index contributed by atoms with van der Waals surface area (Å²) < 4.78 is 0.468. The molecular formula is C6H7BrN2O2S. The second-order valence-electron chi connectivity index (χ2n) is 1.95. The van der Waals surface area contributed by atoms with Crippen LogP contribution in [0.3, 0.4) is 0 Å². The number of rotatable bonds is 3. The lowest BCUT2D eigenvalue weighted by molar-refractivity contribution is 0.322. The fraction of sp³-hybridized carbons (Fsp3) is 0.333. The largest absolute Gasteiger partial charge is 0.396 e. The van der Waals surface area contributed by atoms with Gasteiger partial charge in [-0.05, 0) is 15.9 Å². The van der Waals surface area contributed by atoms with Crippen LogP contribution in [-0.2, 0) is 0 Å². The lowest BCUT2D eigenvalue weighted by atomic mass is 10.6.